The Kier molecular flexibility index (Phi) is 4.13. The van der Waals surface area contributed by atoms with Gasteiger partial charge in [0.25, 0.3) is 0 Å². The quantitative estimate of drug-likeness (QED) is 0.574. The maximum Gasteiger partial charge on any atom is 0.317 e. The van der Waals surface area contributed by atoms with Crippen LogP contribution in [0.1, 0.15) is 24.8 Å². The smallest absolute Gasteiger partial charge is 0.317 e. The highest BCUT2D eigenvalue weighted by molar-refractivity contribution is 5.72. The fourth-order valence-corrected chi connectivity index (χ4v) is 1.76. The lowest BCUT2D eigenvalue weighted by Gasteiger charge is -2.13. The van der Waals surface area contributed by atoms with Crippen LogP contribution in [0.25, 0.3) is 0 Å². The third kappa shape index (κ3) is 3.20. The molecule has 0 radical (unpaired) electrons. The summed E-state index contributed by atoms with van der Waals surface area (Å²) in [5.74, 6) is 5.98. The summed E-state index contributed by atoms with van der Waals surface area (Å²) in [5.41, 5.74) is 0.710. The number of hydrogen-bond donors (Lipinski definition) is 0. The SMILES string of the molecule is COC(=O)CC#Cc1cnc(N2CCCC2)nc1. The van der Waals surface area contributed by atoms with E-state index in [2.05, 4.69) is 31.4 Å². The van der Waals surface area contributed by atoms with Crippen LogP contribution in [-0.2, 0) is 9.53 Å². The minimum atomic E-state index is -0.336. The molecule has 0 amide bonds. The van der Waals surface area contributed by atoms with E-state index in [0.717, 1.165) is 19.0 Å². The second-order valence-electron chi connectivity index (χ2n) is 4.02. The molecule has 0 bridgehead atoms. The van der Waals surface area contributed by atoms with Gasteiger partial charge in [-0.2, -0.15) is 0 Å². The molecule has 0 saturated carbocycles. The van der Waals surface area contributed by atoms with Gasteiger partial charge in [0, 0.05) is 25.5 Å². The first-order chi connectivity index (χ1) is 8.79. The molecule has 5 nitrogen and oxygen atoms in total. The Hall–Kier alpha value is -2.09. The van der Waals surface area contributed by atoms with Crippen LogP contribution in [0.5, 0.6) is 0 Å². The van der Waals surface area contributed by atoms with Gasteiger partial charge >= 0.3 is 5.97 Å². The maximum absolute atomic E-state index is 10.9. The van der Waals surface area contributed by atoms with E-state index in [9.17, 15) is 4.79 Å². The van der Waals surface area contributed by atoms with Crippen LogP contribution in [0, 0.1) is 11.8 Å². The van der Waals surface area contributed by atoms with E-state index in [0.29, 0.717) is 5.56 Å². The fourth-order valence-electron chi connectivity index (χ4n) is 1.76. The summed E-state index contributed by atoms with van der Waals surface area (Å²) in [6, 6.07) is 0. The van der Waals surface area contributed by atoms with Gasteiger partial charge in [-0.25, -0.2) is 9.97 Å². The van der Waals surface area contributed by atoms with Crippen molar-refractivity contribution in [2.24, 2.45) is 0 Å². The number of nitrogens with zero attached hydrogens (tertiary/aromatic N) is 3. The van der Waals surface area contributed by atoms with Gasteiger partial charge < -0.3 is 9.64 Å². The Bertz CT molecular complexity index is 467. The van der Waals surface area contributed by atoms with Gasteiger partial charge in [0.05, 0.1) is 12.7 Å². The van der Waals surface area contributed by atoms with Crippen LogP contribution in [0.15, 0.2) is 12.4 Å². The highest BCUT2D eigenvalue weighted by Gasteiger charge is 2.13. The van der Waals surface area contributed by atoms with E-state index in [4.69, 9.17) is 0 Å². The Morgan fingerprint density at radius 2 is 2.06 bits per heavy atom. The number of carbonyl (C=O) groups is 1. The van der Waals surface area contributed by atoms with Crippen LogP contribution in [-0.4, -0.2) is 36.1 Å². The van der Waals surface area contributed by atoms with Crippen molar-refractivity contribution in [2.45, 2.75) is 19.3 Å². The average molecular weight is 245 g/mol. The highest BCUT2D eigenvalue weighted by atomic mass is 16.5. The maximum atomic E-state index is 10.9. The van der Waals surface area contributed by atoms with E-state index in [-0.39, 0.29) is 12.4 Å². The molecule has 0 atom stereocenters. The molecular weight excluding hydrogens is 230 g/mol. The lowest BCUT2D eigenvalue weighted by Crippen LogP contribution is -2.20. The van der Waals surface area contributed by atoms with E-state index in [1.807, 2.05) is 0 Å². The summed E-state index contributed by atoms with van der Waals surface area (Å²) in [5, 5.41) is 0. The van der Waals surface area contributed by atoms with Crippen LogP contribution >= 0.6 is 0 Å². The molecule has 1 saturated heterocycles. The number of anilines is 1. The standard InChI is InChI=1S/C13H15N3O2/c1-18-12(17)6-4-5-11-9-14-13(15-10-11)16-7-2-3-8-16/h9-10H,2-3,6-8H2,1H3. The van der Waals surface area contributed by atoms with Crippen molar-refractivity contribution in [1.82, 2.24) is 9.97 Å². The molecule has 0 aliphatic carbocycles. The minimum Gasteiger partial charge on any atom is -0.468 e. The summed E-state index contributed by atoms with van der Waals surface area (Å²) in [6.07, 6.45) is 5.86. The Morgan fingerprint density at radius 3 is 2.67 bits per heavy atom. The predicted molar refractivity (Wildman–Crippen MR) is 67.0 cm³/mol. The summed E-state index contributed by atoms with van der Waals surface area (Å²) < 4.78 is 4.50. The van der Waals surface area contributed by atoms with Gasteiger partial charge in [0.15, 0.2) is 0 Å². The fraction of sp³-hybridized carbons (Fsp3) is 0.462. The number of carbonyl (C=O) groups excluding carboxylic acids is 1. The summed E-state index contributed by atoms with van der Waals surface area (Å²) in [6.45, 7) is 2.04. The van der Waals surface area contributed by atoms with Crippen molar-refractivity contribution in [3.8, 4) is 11.8 Å². The third-order valence-corrected chi connectivity index (χ3v) is 2.72. The predicted octanol–water partition coefficient (Wildman–Crippen LogP) is 0.991. The van der Waals surface area contributed by atoms with Crippen LogP contribution in [0.4, 0.5) is 5.95 Å². The first-order valence-electron chi connectivity index (χ1n) is 5.92. The van der Waals surface area contributed by atoms with Gasteiger partial charge in [-0.1, -0.05) is 11.8 Å². The van der Waals surface area contributed by atoms with Crippen molar-refractivity contribution < 1.29 is 9.53 Å². The first-order valence-corrected chi connectivity index (χ1v) is 5.92. The molecular formula is C13H15N3O2. The Balaban J connectivity index is 1.96. The van der Waals surface area contributed by atoms with E-state index in [1.54, 1.807) is 12.4 Å². The average Bonchev–Trinajstić information content (AvgIpc) is 2.93. The summed E-state index contributed by atoms with van der Waals surface area (Å²) in [4.78, 5) is 21.6. The number of rotatable bonds is 2. The largest absolute Gasteiger partial charge is 0.468 e. The van der Waals surface area contributed by atoms with Gasteiger partial charge in [-0.3, -0.25) is 4.79 Å². The van der Waals surface area contributed by atoms with Crippen molar-refractivity contribution >= 4 is 11.9 Å². The second kappa shape index (κ2) is 6.01. The highest BCUT2D eigenvalue weighted by Crippen LogP contribution is 2.14. The monoisotopic (exact) mass is 245 g/mol. The van der Waals surface area contributed by atoms with E-state index < -0.39 is 0 Å². The minimum absolute atomic E-state index is 0.0877. The molecule has 0 spiro atoms. The number of esters is 1. The molecule has 18 heavy (non-hydrogen) atoms. The molecule has 0 unspecified atom stereocenters. The van der Waals surface area contributed by atoms with Crippen LogP contribution < -0.4 is 4.90 Å². The van der Waals surface area contributed by atoms with Crippen molar-refractivity contribution in [3.63, 3.8) is 0 Å². The molecule has 94 valence electrons. The molecule has 1 aromatic rings. The lowest BCUT2D eigenvalue weighted by atomic mass is 10.3. The zero-order valence-electron chi connectivity index (χ0n) is 10.3. The number of methoxy groups -OCH3 is 1. The number of ether oxygens (including phenoxy) is 1. The number of hydrogen-bond acceptors (Lipinski definition) is 5. The van der Waals surface area contributed by atoms with Crippen molar-refractivity contribution in [2.75, 3.05) is 25.1 Å². The Labute approximate surface area is 106 Å². The number of aromatic nitrogens is 2. The topological polar surface area (TPSA) is 55.3 Å². The molecule has 1 aliphatic rings. The molecule has 2 rings (SSSR count). The van der Waals surface area contributed by atoms with Gasteiger partial charge in [-0.15, -0.1) is 0 Å². The van der Waals surface area contributed by atoms with Gasteiger partial charge in [-0.05, 0) is 12.8 Å². The van der Waals surface area contributed by atoms with Gasteiger partial charge in [0.2, 0.25) is 5.95 Å². The molecule has 0 N–H and O–H groups in total. The zero-order chi connectivity index (χ0) is 12.8. The van der Waals surface area contributed by atoms with Crippen LogP contribution in [0.3, 0.4) is 0 Å². The Morgan fingerprint density at radius 1 is 1.39 bits per heavy atom. The van der Waals surface area contributed by atoms with Crippen molar-refractivity contribution in [3.05, 3.63) is 18.0 Å². The molecule has 5 heteroatoms. The van der Waals surface area contributed by atoms with Crippen LogP contribution in [0.2, 0.25) is 0 Å². The summed E-state index contributed by atoms with van der Waals surface area (Å²) in [7, 11) is 1.35. The van der Waals surface area contributed by atoms with Gasteiger partial charge in [0.1, 0.15) is 6.42 Å². The lowest BCUT2D eigenvalue weighted by molar-refractivity contribution is -0.139. The van der Waals surface area contributed by atoms with E-state index >= 15 is 0 Å². The molecule has 2 heterocycles. The third-order valence-electron chi connectivity index (χ3n) is 2.72. The molecule has 0 aromatic carbocycles. The normalized spacial score (nSPS) is 13.9. The zero-order valence-corrected chi connectivity index (χ0v) is 10.3. The molecule has 1 aliphatic heterocycles. The second-order valence-corrected chi connectivity index (χ2v) is 4.02. The first kappa shape index (κ1) is 12.4. The summed E-state index contributed by atoms with van der Waals surface area (Å²) >= 11 is 0. The molecule has 1 fully saturated rings. The van der Waals surface area contributed by atoms with E-state index in [1.165, 1.54) is 20.0 Å². The van der Waals surface area contributed by atoms with Crippen molar-refractivity contribution in [1.29, 1.82) is 0 Å². The molecule has 1 aromatic heterocycles.